The molecule has 2 aliphatic rings. The number of hydrogen-bond acceptors (Lipinski definition) is 6. The third-order valence-corrected chi connectivity index (χ3v) is 9.47. The highest BCUT2D eigenvalue weighted by Gasteiger charge is 2.54. The fourth-order valence-corrected chi connectivity index (χ4v) is 6.95. The molecule has 0 aromatic heterocycles. The molecule has 1 amide bonds. The summed E-state index contributed by atoms with van der Waals surface area (Å²) in [4.78, 5) is 12.5. The Kier molecular flexibility index (Phi) is 7.61. The molecule has 9 heteroatoms. The van der Waals surface area contributed by atoms with E-state index in [1.54, 1.807) is 5.48 Å². The maximum atomic E-state index is 13.5. The number of sulfonamides is 1. The molecule has 0 unspecified atom stereocenters. The van der Waals surface area contributed by atoms with E-state index in [4.69, 9.17) is 9.47 Å². The predicted molar refractivity (Wildman–Crippen MR) is 134 cm³/mol. The van der Waals surface area contributed by atoms with Crippen LogP contribution in [0.5, 0.6) is 5.75 Å². The van der Waals surface area contributed by atoms with Crippen molar-refractivity contribution in [2.24, 2.45) is 0 Å². The Morgan fingerprint density at radius 3 is 2.57 bits per heavy atom. The molecular formula is C26H32N2O6S. The summed E-state index contributed by atoms with van der Waals surface area (Å²) in [7, 11) is -4.00. The Morgan fingerprint density at radius 2 is 1.94 bits per heavy atom. The maximum absolute atomic E-state index is 13.5. The molecule has 0 bridgehead atoms. The summed E-state index contributed by atoms with van der Waals surface area (Å²) in [6.07, 6.45) is 2.47. The summed E-state index contributed by atoms with van der Waals surface area (Å²) in [6.45, 7) is 5.39. The lowest BCUT2D eigenvalue weighted by Crippen LogP contribution is -2.59. The molecule has 0 radical (unpaired) electrons. The van der Waals surface area contributed by atoms with Gasteiger partial charge < -0.3 is 9.47 Å². The third-order valence-electron chi connectivity index (χ3n) is 6.87. The molecule has 0 atom stereocenters. The number of carbonyl (C=O) groups is 1. The van der Waals surface area contributed by atoms with Gasteiger partial charge in [0.2, 0.25) is 10.0 Å². The van der Waals surface area contributed by atoms with Crippen LogP contribution in [0, 0.1) is 6.92 Å². The number of ether oxygens (including phenoxy) is 2. The molecule has 0 aliphatic carbocycles. The SMILES string of the molecule is CCOc1cccc(-c2ccc(C3=CCN(S(=O)(=O)C4(C(=O)NO)CCOCC4)CC3)cc2C)c1. The number of nitrogens with one attached hydrogen (secondary N) is 1. The van der Waals surface area contributed by atoms with Gasteiger partial charge in [0.15, 0.2) is 4.75 Å². The number of nitrogens with zero attached hydrogens (tertiary/aromatic N) is 1. The lowest BCUT2D eigenvalue weighted by molar-refractivity contribution is -0.134. The minimum atomic E-state index is -4.00. The summed E-state index contributed by atoms with van der Waals surface area (Å²) in [5.74, 6) is -0.0582. The van der Waals surface area contributed by atoms with Crippen molar-refractivity contribution in [2.45, 2.75) is 37.9 Å². The smallest absolute Gasteiger partial charge is 0.266 e. The van der Waals surface area contributed by atoms with Crippen LogP contribution in [0.2, 0.25) is 0 Å². The van der Waals surface area contributed by atoms with Gasteiger partial charge >= 0.3 is 0 Å². The number of amides is 1. The van der Waals surface area contributed by atoms with Crippen molar-refractivity contribution >= 4 is 21.5 Å². The monoisotopic (exact) mass is 500 g/mol. The quantitative estimate of drug-likeness (QED) is 0.445. The van der Waals surface area contributed by atoms with Crippen LogP contribution in [0.3, 0.4) is 0 Å². The zero-order valence-electron chi connectivity index (χ0n) is 20.1. The van der Waals surface area contributed by atoms with E-state index in [1.165, 1.54) is 4.31 Å². The van der Waals surface area contributed by atoms with Gasteiger partial charge in [0, 0.05) is 39.1 Å². The molecule has 1 fully saturated rings. The van der Waals surface area contributed by atoms with Crippen LogP contribution in [0.25, 0.3) is 16.7 Å². The lowest BCUT2D eigenvalue weighted by Gasteiger charge is -2.39. The van der Waals surface area contributed by atoms with Gasteiger partial charge in [-0.2, -0.15) is 4.31 Å². The fourth-order valence-electron chi connectivity index (χ4n) is 4.89. The van der Waals surface area contributed by atoms with E-state index < -0.39 is 20.7 Å². The Bertz CT molecular complexity index is 1220. The normalized spacial score (nSPS) is 18.5. The summed E-state index contributed by atoms with van der Waals surface area (Å²) in [5.41, 5.74) is 7.01. The first-order chi connectivity index (χ1) is 16.8. The number of hydrogen-bond donors (Lipinski definition) is 2. The molecule has 2 aromatic carbocycles. The second-order valence-electron chi connectivity index (χ2n) is 8.88. The van der Waals surface area contributed by atoms with Crippen LogP contribution in [0.15, 0.2) is 48.5 Å². The van der Waals surface area contributed by atoms with E-state index in [0.717, 1.165) is 33.6 Å². The van der Waals surface area contributed by atoms with E-state index in [0.29, 0.717) is 13.0 Å². The average molecular weight is 501 g/mol. The summed E-state index contributed by atoms with van der Waals surface area (Å²) >= 11 is 0. The zero-order valence-corrected chi connectivity index (χ0v) is 20.9. The molecule has 2 aliphatic heterocycles. The minimum Gasteiger partial charge on any atom is -0.494 e. The van der Waals surface area contributed by atoms with Crippen molar-refractivity contribution in [3.8, 4) is 16.9 Å². The predicted octanol–water partition coefficient (Wildman–Crippen LogP) is 3.53. The molecule has 0 saturated carbocycles. The molecular weight excluding hydrogens is 468 g/mol. The molecule has 2 heterocycles. The average Bonchev–Trinajstić information content (AvgIpc) is 2.89. The van der Waals surface area contributed by atoms with E-state index in [9.17, 15) is 18.4 Å². The Labute approximate surface area is 206 Å². The molecule has 8 nitrogen and oxygen atoms in total. The van der Waals surface area contributed by atoms with E-state index in [-0.39, 0.29) is 39.1 Å². The largest absolute Gasteiger partial charge is 0.494 e. The Balaban J connectivity index is 1.54. The van der Waals surface area contributed by atoms with Crippen molar-refractivity contribution in [2.75, 3.05) is 32.9 Å². The van der Waals surface area contributed by atoms with E-state index in [2.05, 4.69) is 31.2 Å². The van der Waals surface area contributed by atoms with Gasteiger partial charge in [0.1, 0.15) is 5.75 Å². The van der Waals surface area contributed by atoms with E-state index in [1.807, 2.05) is 31.2 Å². The summed E-state index contributed by atoms with van der Waals surface area (Å²) in [6, 6.07) is 14.3. The van der Waals surface area contributed by atoms with Crippen molar-refractivity contribution in [1.82, 2.24) is 9.79 Å². The molecule has 0 spiro atoms. The van der Waals surface area contributed by atoms with Crippen molar-refractivity contribution in [3.05, 3.63) is 59.7 Å². The second kappa shape index (κ2) is 10.5. The number of aryl methyl sites for hydroxylation is 1. The van der Waals surface area contributed by atoms with Crippen LogP contribution in [0.4, 0.5) is 0 Å². The maximum Gasteiger partial charge on any atom is 0.266 e. The number of carbonyl (C=O) groups excluding carboxylic acids is 1. The Morgan fingerprint density at radius 1 is 1.17 bits per heavy atom. The van der Waals surface area contributed by atoms with Crippen molar-refractivity contribution in [3.63, 3.8) is 0 Å². The van der Waals surface area contributed by atoms with Gasteiger partial charge in [-0.25, -0.2) is 13.9 Å². The van der Waals surface area contributed by atoms with Gasteiger partial charge in [0.05, 0.1) is 6.61 Å². The second-order valence-corrected chi connectivity index (χ2v) is 11.1. The first-order valence-electron chi connectivity index (χ1n) is 11.9. The topological polar surface area (TPSA) is 105 Å². The summed E-state index contributed by atoms with van der Waals surface area (Å²) in [5, 5.41) is 9.24. The fraction of sp³-hybridized carbons (Fsp3) is 0.423. The zero-order chi connectivity index (χ0) is 25.1. The molecule has 2 aromatic rings. The first kappa shape index (κ1) is 25.4. The number of benzene rings is 2. The first-order valence-corrected chi connectivity index (χ1v) is 13.3. The van der Waals surface area contributed by atoms with Crippen LogP contribution < -0.4 is 10.2 Å². The minimum absolute atomic E-state index is 0.0138. The number of hydroxylamine groups is 1. The highest BCUT2D eigenvalue weighted by Crippen LogP contribution is 2.36. The highest BCUT2D eigenvalue weighted by molar-refractivity contribution is 7.91. The van der Waals surface area contributed by atoms with Gasteiger partial charge in [-0.05, 0) is 60.2 Å². The molecule has 35 heavy (non-hydrogen) atoms. The van der Waals surface area contributed by atoms with Gasteiger partial charge in [-0.1, -0.05) is 36.4 Å². The summed E-state index contributed by atoms with van der Waals surface area (Å²) < 4.78 is 37.5. The van der Waals surface area contributed by atoms with Gasteiger partial charge in [0.25, 0.3) is 5.91 Å². The van der Waals surface area contributed by atoms with Crippen LogP contribution in [0.1, 0.15) is 37.3 Å². The molecule has 1 saturated heterocycles. The third kappa shape index (κ3) is 4.86. The van der Waals surface area contributed by atoms with Gasteiger partial charge in [-0.3, -0.25) is 10.0 Å². The highest BCUT2D eigenvalue weighted by atomic mass is 32.2. The molecule has 4 rings (SSSR count). The standard InChI is InChI=1S/C26H32N2O6S/c1-3-34-23-6-4-5-22(18-23)24-8-7-21(17-19(24)2)20-9-13-28(14-10-20)35(31,32)26(25(29)27-30)11-15-33-16-12-26/h4-9,17-18,30H,3,10-16H2,1-2H3,(H,27,29). The van der Waals surface area contributed by atoms with Crippen LogP contribution in [-0.2, 0) is 19.6 Å². The molecule has 2 N–H and O–H groups in total. The Hall–Kier alpha value is -2.72. The van der Waals surface area contributed by atoms with Crippen molar-refractivity contribution in [1.29, 1.82) is 0 Å². The van der Waals surface area contributed by atoms with E-state index >= 15 is 0 Å². The molecule has 188 valence electrons. The van der Waals surface area contributed by atoms with Crippen LogP contribution >= 0.6 is 0 Å². The lowest BCUT2D eigenvalue weighted by atomic mass is 9.93. The van der Waals surface area contributed by atoms with Crippen LogP contribution in [-0.4, -0.2) is 61.5 Å². The number of rotatable bonds is 7. The van der Waals surface area contributed by atoms with Crippen molar-refractivity contribution < 1.29 is 27.9 Å². The van der Waals surface area contributed by atoms with Gasteiger partial charge in [-0.15, -0.1) is 0 Å².